The molecule has 1 fully saturated rings. The fourth-order valence-electron chi connectivity index (χ4n) is 5.05. The fourth-order valence-corrected chi connectivity index (χ4v) is 6.34. The number of benzene rings is 2. The molecule has 0 amide bonds. The van der Waals surface area contributed by atoms with Crippen LogP contribution in [-0.4, -0.2) is 49.7 Å². The highest BCUT2D eigenvalue weighted by Gasteiger charge is 2.53. The van der Waals surface area contributed by atoms with Gasteiger partial charge in [0.25, 0.3) is 0 Å². The molecule has 12 heteroatoms. The summed E-state index contributed by atoms with van der Waals surface area (Å²) in [5, 5.41) is -0.253. The standard InChI is InChI=1S/C27H29ClF2N2O6S/c1-4-37-25(33)23-16-38-26(31-23)27(24(30)18-7-10-22(29)21(28)13-18)12-11-19(14-27)32(39(3,34)35)15-17-5-8-20(36-2)9-6-17/h5-10,13,16,19,24H,4,11-12,14-15H2,1-3H3/t19-,24+,27-/m0/s1. The van der Waals surface area contributed by atoms with Crippen LogP contribution in [0.5, 0.6) is 5.75 Å². The summed E-state index contributed by atoms with van der Waals surface area (Å²) in [6.07, 6.45) is 0.832. The Balaban J connectivity index is 1.73. The molecule has 4 rings (SSSR count). The van der Waals surface area contributed by atoms with E-state index < -0.39 is 39.4 Å². The number of methoxy groups -OCH3 is 1. The lowest BCUT2D eigenvalue weighted by Gasteiger charge is -2.32. The van der Waals surface area contributed by atoms with Gasteiger partial charge in [0.15, 0.2) is 5.69 Å². The van der Waals surface area contributed by atoms with E-state index in [4.69, 9.17) is 25.5 Å². The van der Waals surface area contributed by atoms with E-state index in [0.29, 0.717) is 5.75 Å². The van der Waals surface area contributed by atoms with Gasteiger partial charge in [0.2, 0.25) is 15.9 Å². The van der Waals surface area contributed by atoms with Gasteiger partial charge < -0.3 is 13.9 Å². The molecule has 1 aromatic heterocycles. The first-order valence-corrected chi connectivity index (χ1v) is 14.5. The molecule has 0 unspecified atom stereocenters. The summed E-state index contributed by atoms with van der Waals surface area (Å²) in [4.78, 5) is 16.5. The maximum atomic E-state index is 16.5. The minimum atomic E-state index is -3.73. The van der Waals surface area contributed by atoms with E-state index in [-0.39, 0.29) is 54.6 Å². The molecule has 0 aliphatic heterocycles. The molecule has 8 nitrogen and oxygen atoms in total. The Morgan fingerprint density at radius 1 is 1.28 bits per heavy atom. The molecular formula is C27H29ClF2N2O6S. The highest BCUT2D eigenvalue weighted by molar-refractivity contribution is 7.88. The second-order valence-corrected chi connectivity index (χ2v) is 11.8. The van der Waals surface area contributed by atoms with Crippen molar-refractivity contribution in [2.75, 3.05) is 20.0 Å². The van der Waals surface area contributed by atoms with E-state index in [0.717, 1.165) is 24.1 Å². The molecule has 3 atom stereocenters. The number of sulfonamides is 1. The molecule has 0 spiro atoms. The van der Waals surface area contributed by atoms with Gasteiger partial charge in [-0.05, 0) is 61.6 Å². The van der Waals surface area contributed by atoms with Gasteiger partial charge >= 0.3 is 5.97 Å². The van der Waals surface area contributed by atoms with Crippen molar-refractivity contribution in [3.05, 3.63) is 82.3 Å². The van der Waals surface area contributed by atoms with Crippen LogP contribution in [0.3, 0.4) is 0 Å². The van der Waals surface area contributed by atoms with E-state index in [1.807, 2.05) is 0 Å². The third-order valence-corrected chi connectivity index (χ3v) is 8.56. The van der Waals surface area contributed by atoms with Crippen LogP contribution in [0.15, 0.2) is 53.1 Å². The monoisotopic (exact) mass is 582 g/mol. The van der Waals surface area contributed by atoms with E-state index in [2.05, 4.69) is 4.98 Å². The van der Waals surface area contributed by atoms with Crippen LogP contribution in [0.2, 0.25) is 5.02 Å². The largest absolute Gasteiger partial charge is 0.497 e. The third-order valence-electron chi connectivity index (χ3n) is 6.99. The number of alkyl halides is 1. The average molecular weight is 583 g/mol. The van der Waals surface area contributed by atoms with Crippen molar-refractivity contribution in [1.29, 1.82) is 0 Å². The third kappa shape index (κ3) is 6.10. The van der Waals surface area contributed by atoms with Crippen LogP contribution in [0.25, 0.3) is 0 Å². The highest BCUT2D eigenvalue weighted by atomic mass is 35.5. The molecule has 1 saturated carbocycles. The Kier molecular flexibility index (Phi) is 8.63. The predicted octanol–water partition coefficient (Wildman–Crippen LogP) is 5.62. The van der Waals surface area contributed by atoms with Gasteiger partial charge in [0.1, 0.15) is 24.0 Å². The van der Waals surface area contributed by atoms with Gasteiger partial charge in [0, 0.05) is 12.6 Å². The van der Waals surface area contributed by atoms with Gasteiger partial charge in [-0.1, -0.05) is 29.8 Å². The van der Waals surface area contributed by atoms with Gasteiger partial charge in [-0.25, -0.2) is 27.0 Å². The Bertz CT molecular complexity index is 1430. The number of halogens is 3. The molecule has 1 aliphatic carbocycles. The average Bonchev–Trinajstić information content (AvgIpc) is 3.57. The van der Waals surface area contributed by atoms with Crippen LogP contribution < -0.4 is 4.74 Å². The number of nitrogens with zero attached hydrogens (tertiary/aromatic N) is 2. The highest BCUT2D eigenvalue weighted by Crippen LogP contribution is 2.53. The summed E-state index contributed by atoms with van der Waals surface area (Å²) in [7, 11) is -2.19. The Hall–Kier alpha value is -3.02. The first-order chi connectivity index (χ1) is 18.5. The van der Waals surface area contributed by atoms with Gasteiger partial charge in [-0.15, -0.1) is 0 Å². The zero-order chi connectivity index (χ0) is 28.4. The van der Waals surface area contributed by atoms with E-state index in [9.17, 15) is 17.6 Å². The maximum absolute atomic E-state index is 16.5. The van der Waals surface area contributed by atoms with Crippen LogP contribution >= 0.6 is 11.6 Å². The number of aromatic nitrogens is 1. The van der Waals surface area contributed by atoms with Crippen molar-refractivity contribution < 1.29 is 35.9 Å². The molecule has 1 heterocycles. The van der Waals surface area contributed by atoms with Crippen molar-refractivity contribution in [1.82, 2.24) is 9.29 Å². The summed E-state index contributed by atoms with van der Waals surface area (Å²) in [5.41, 5.74) is -0.780. The molecule has 1 aliphatic rings. The normalized spacial score (nSPS) is 20.2. The fraction of sp³-hybridized carbons (Fsp3) is 0.407. The minimum absolute atomic E-state index is 0.00480. The van der Waals surface area contributed by atoms with Crippen molar-refractivity contribution in [2.45, 2.75) is 50.4 Å². The van der Waals surface area contributed by atoms with Crippen molar-refractivity contribution >= 4 is 27.6 Å². The van der Waals surface area contributed by atoms with Crippen molar-refractivity contribution in [3.63, 3.8) is 0 Å². The van der Waals surface area contributed by atoms with Crippen LogP contribution in [0.4, 0.5) is 8.78 Å². The molecule has 39 heavy (non-hydrogen) atoms. The number of carbonyl (C=O) groups is 1. The number of oxazole rings is 1. The number of hydrogen-bond acceptors (Lipinski definition) is 7. The topological polar surface area (TPSA) is 98.9 Å². The van der Waals surface area contributed by atoms with Crippen molar-refractivity contribution in [2.24, 2.45) is 0 Å². The Labute approximate surface area is 230 Å². The number of hydrogen-bond donors (Lipinski definition) is 0. The summed E-state index contributed by atoms with van der Waals surface area (Å²) >= 11 is 5.95. The molecule has 0 N–H and O–H groups in total. The summed E-state index contributed by atoms with van der Waals surface area (Å²) < 4.78 is 73.4. The molecular weight excluding hydrogens is 554 g/mol. The van der Waals surface area contributed by atoms with Crippen molar-refractivity contribution in [3.8, 4) is 5.75 Å². The second-order valence-electron chi connectivity index (χ2n) is 9.50. The molecule has 2 aromatic carbocycles. The van der Waals surface area contributed by atoms with E-state index in [1.165, 1.54) is 23.5 Å². The van der Waals surface area contributed by atoms with Crippen LogP contribution in [0.1, 0.15) is 59.9 Å². The Morgan fingerprint density at radius 2 is 2.00 bits per heavy atom. The number of esters is 1. The van der Waals surface area contributed by atoms with Gasteiger partial charge in [-0.3, -0.25) is 0 Å². The number of rotatable bonds is 10. The van der Waals surface area contributed by atoms with Gasteiger partial charge in [0.05, 0.1) is 30.4 Å². The van der Waals surface area contributed by atoms with E-state index >= 15 is 4.39 Å². The predicted molar refractivity (Wildman–Crippen MR) is 140 cm³/mol. The zero-order valence-electron chi connectivity index (χ0n) is 21.7. The first-order valence-electron chi connectivity index (χ1n) is 12.3. The molecule has 0 saturated heterocycles. The minimum Gasteiger partial charge on any atom is -0.497 e. The Morgan fingerprint density at radius 3 is 2.62 bits per heavy atom. The molecule has 3 aromatic rings. The molecule has 0 bridgehead atoms. The first kappa shape index (κ1) is 29.0. The number of carbonyl (C=O) groups excluding carboxylic acids is 1. The smallest absolute Gasteiger partial charge is 0.360 e. The maximum Gasteiger partial charge on any atom is 0.360 e. The zero-order valence-corrected chi connectivity index (χ0v) is 23.3. The quantitative estimate of drug-likeness (QED) is 0.286. The summed E-state index contributed by atoms with van der Waals surface area (Å²) in [6, 6.07) is 9.90. The SMILES string of the molecule is CCOC(=O)c1coc([C@@]2([C@H](F)c3ccc(F)c(Cl)c3)CC[C@H](N(Cc3ccc(OC)cc3)S(C)(=O)=O)C2)n1. The second kappa shape index (κ2) is 11.6. The lowest BCUT2D eigenvalue weighted by molar-refractivity contribution is 0.0519. The van der Waals surface area contributed by atoms with E-state index in [1.54, 1.807) is 31.2 Å². The van der Waals surface area contributed by atoms with Gasteiger partial charge in [-0.2, -0.15) is 4.31 Å². The van der Waals surface area contributed by atoms with Crippen LogP contribution in [-0.2, 0) is 26.7 Å². The van der Waals surface area contributed by atoms with Crippen LogP contribution in [0, 0.1) is 5.82 Å². The number of ether oxygens (including phenoxy) is 2. The summed E-state index contributed by atoms with van der Waals surface area (Å²) in [5.74, 6) is -0.868. The summed E-state index contributed by atoms with van der Waals surface area (Å²) in [6.45, 7) is 1.81. The molecule has 210 valence electrons. The lowest BCUT2D eigenvalue weighted by Crippen LogP contribution is -2.40. The lowest BCUT2D eigenvalue weighted by atomic mass is 9.77. The molecule has 0 radical (unpaired) electrons.